The lowest BCUT2D eigenvalue weighted by molar-refractivity contribution is -0.862. The number of carbonyl (C=O) groups is 1. The highest BCUT2D eigenvalue weighted by atomic mass is 16.6. The van der Waals surface area contributed by atoms with E-state index in [-0.39, 0.29) is 23.9 Å². The van der Waals surface area contributed by atoms with Crippen LogP contribution in [0.1, 0.15) is 13.3 Å². The first kappa shape index (κ1) is 11.9. The van der Waals surface area contributed by atoms with Crippen LogP contribution in [0, 0.1) is 0 Å². The molecule has 4 heteroatoms. The molecular weight excluding hydrogens is 194 g/mol. The molecule has 1 saturated heterocycles. The molecule has 0 aliphatic carbocycles. The van der Waals surface area contributed by atoms with Crippen LogP contribution < -0.4 is 0 Å². The summed E-state index contributed by atoms with van der Waals surface area (Å²) in [5.41, 5.74) is 1.19. The van der Waals surface area contributed by atoms with Gasteiger partial charge in [0.05, 0.1) is 6.54 Å². The van der Waals surface area contributed by atoms with Crippen LogP contribution in [0.15, 0.2) is 24.3 Å². The molecule has 0 bridgehead atoms. The minimum atomic E-state index is -0.366. The van der Waals surface area contributed by atoms with Crippen molar-refractivity contribution in [2.45, 2.75) is 13.3 Å². The second-order valence-electron chi connectivity index (χ2n) is 3.73. The fourth-order valence-corrected chi connectivity index (χ4v) is 1.74. The number of nitrogens with zero attached hydrogens (tertiary/aromatic N) is 1. The van der Waals surface area contributed by atoms with Crippen molar-refractivity contribution in [3.63, 3.8) is 0 Å². The Balaban J connectivity index is 2.69. The Bertz CT molecular complexity index is 286. The number of rotatable bonds is 3. The standard InChI is InChI=1S/C11H18NO3/c1-3-7-15-11(14)12(9-13)6-5-10(4-2)8-12/h3-4,13H,1,5-9H2,2H3/q+1. The van der Waals surface area contributed by atoms with Crippen LogP contribution in [-0.4, -0.2) is 42.1 Å². The van der Waals surface area contributed by atoms with Gasteiger partial charge in [0, 0.05) is 6.42 Å². The van der Waals surface area contributed by atoms with Gasteiger partial charge >= 0.3 is 6.09 Å². The monoisotopic (exact) mass is 212 g/mol. The number of carbonyl (C=O) groups excluding carboxylic acids is 1. The molecule has 1 aliphatic heterocycles. The Morgan fingerprint density at radius 2 is 2.47 bits per heavy atom. The first-order valence-corrected chi connectivity index (χ1v) is 5.08. The van der Waals surface area contributed by atoms with Crippen molar-refractivity contribution in [1.82, 2.24) is 0 Å². The van der Waals surface area contributed by atoms with Gasteiger partial charge in [0.25, 0.3) is 0 Å². The summed E-state index contributed by atoms with van der Waals surface area (Å²) >= 11 is 0. The molecule has 4 nitrogen and oxygen atoms in total. The average molecular weight is 212 g/mol. The Morgan fingerprint density at radius 1 is 1.73 bits per heavy atom. The molecule has 0 saturated carbocycles. The van der Waals surface area contributed by atoms with Crippen molar-refractivity contribution < 1.29 is 19.1 Å². The van der Waals surface area contributed by atoms with Crippen LogP contribution in [0.25, 0.3) is 0 Å². The summed E-state index contributed by atoms with van der Waals surface area (Å²) in [6, 6.07) is 0. The number of hydrogen-bond donors (Lipinski definition) is 1. The van der Waals surface area contributed by atoms with Gasteiger partial charge in [-0.25, -0.2) is 0 Å². The summed E-state index contributed by atoms with van der Waals surface area (Å²) in [6.07, 6.45) is 4.00. The number of amides is 1. The van der Waals surface area contributed by atoms with Gasteiger partial charge in [0.15, 0.2) is 6.73 Å². The van der Waals surface area contributed by atoms with Crippen molar-refractivity contribution in [2.75, 3.05) is 26.4 Å². The molecule has 1 N–H and O–H groups in total. The normalized spacial score (nSPS) is 28.0. The Hall–Kier alpha value is -1.13. The lowest BCUT2D eigenvalue weighted by atomic mass is 10.2. The first-order valence-electron chi connectivity index (χ1n) is 5.08. The van der Waals surface area contributed by atoms with Gasteiger partial charge in [-0.1, -0.05) is 18.7 Å². The van der Waals surface area contributed by atoms with Crippen LogP contribution in [-0.2, 0) is 4.74 Å². The Labute approximate surface area is 90.0 Å². The van der Waals surface area contributed by atoms with Crippen LogP contribution >= 0.6 is 0 Å². The highest BCUT2D eigenvalue weighted by Gasteiger charge is 2.43. The smallest absolute Gasteiger partial charge is 0.416 e. The number of aliphatic hydroxyl groups is 1. The zero-order valence-corrected chi connectivity index (χ0v) is 9.11. The van der Waals surface area contributed by atoms with Gasteiger partial charge in [-0.3, -0.25) is 0 Å². The van der Waals surface area contributed by atoms with Crippen LogP contribution in [0.4, 0.5) is 4.79 Å². The topological polar surface area (TPSA) is 46.5 Å². The fraction of sp³-hybridized carbons (Fsp3) is 0.545. The van der Waals surface area contributed by atoms with Crippen molar-refractivity contribution in [2.24, 2.45) is 0 Å². The molecule has 1 aliphatic rings. The van der Waals surface area contributed by atoms with Gasteiger partial charge in [0.1, 0.15) is 13.2 Å². The van der Waals surface area contributed by atoms with E-state index < -0.39 is 0 Å². The minimum Gasteiger partial charge on any atom is -0.416 e. The predicted octanol–water partition coefficient (Wildman–Crippen LogP) is 1.43. The van der Waals surface area contributed by atoms with E-state index in [1.54, 1.807) is 0 Å². The molecule has 84 valence electrons. The van der Waals surface area contributed by atoms with E-state index in [9.17, 15) is 9.90 Å². The van der Waals surface area contributed by atoms with Gasteiger partial charge in [-0.05, 0) is 12.5 Å². The van der Waals surface area contributed by atoms with E-state index in [2.05, 4.69) is 6.58 Å². The maximum Gasteiger partial charge on any atom is 0.518 e. The molecule has 1 atom stereocenters. The second-order valence-corrected chi connectivity index (χ2v) is 3.73. The number of allylic oxidation sites excluding steroid dienone is 1. The highest BCUT2D eigenvalue weighted by molar-refractivity contribution is 5.60. The highest BCUT2D eigenvalue weighted by Crippen LogP contribution is 2.24. The van der Waals surface area contributed by atoms with Gasteiger partial charge in [-0.15, -0.1) is 0 Å². The summed E-state index contributed by atoms with van der Waals surface area (Å²) in [6.45, 7) is 6.60. The zero-order chi connectivity index (χ0) is 11.3. The summed E-state index contributed by atoms with van der Waals surface area (Å²) in [4.78, 5) is 11.7. The maximum absolute atomic E-state index is 11.7. The van der Waals surface area contributed by atoms with Crippen LogP contribution in [0.2, 0.25) is 0 Å². The average Bonchev–Trinajstić information content (AvgIpc) is 2.70. The maximum atomic E-state index is 11.7. The van der Waals surface area contributed by atoms with Gasteiger partial charge < -0.3 is 9.84 Å². The second kappa shape index (κ2) is 5.09. The Kier molecular flexibility index (Phi) is 4.05. The largest absolute Gasteiger partial charge is 0.518 e. The number of aliphatic hydroxyl groups excluding tert-OH is 1. The molecule has 0 aromatic heterocycles. The molecule has 1 fully saturated rings. The van der Waals surface area contributed by atoms with Crippen LogP contribution in [0.3, 0.4) is 0 Å². The lowest BCUT2D eigenvalue weighted by Gasteiger charge is -2.26. The van der Waals surface area contributed by atoms with E-state index >= 15 is 0 Å². The van der Waals surface area contributed by atoms with Crippen LogP contribution in [0.5, 0.6) is 0 Å². The molecule has 0 aromatic carbocycles. The molecule has 15 heavy (non-hydrogen) atoms. The third-order valence-electron chi connectivity index (χ3n) is 2.76. The molecule has 1 amide bonds. The quantitative estimate of drug-likeness (QED) is 0.568. The Morgan fingerprint density at radius 3 is 2.93 bits per heavy atom. The van der Waals surface area contributed by atoms with Crippen molar-refractivity contribution in [1.29, 1.82) is 0 Å². The lowest BCUT2D eigenvalue weighted by Crippen LogP contribution is -2.51. The first-order chi connectivity index (χ1) is 7.18. The number of likely N-dealkylation sites (tertiary alicyclic amines) is 1. The predicted molar refractivity (Wildman–Crippen MR) is 57.0 cm³/mol. The zero-order valence-electron chi connectivity index (χ0n) is 9.11. The summed E-state index contributed by atoms with van der Waals surface area (Å²) in [7, 11) is 0. The number of hydrogen-bond acceptors (Lipinski definition) is 3. The minimum absolute atomic E-state index is 0.00644. The molecule has 1 unspecified atom stereocenters. The molecule has 0 radical (unpaired) electrons. The van der Waals surface area contributed by atoms with Crippen molar-refractivity contribution in [3.8, 4) is 0 Å². The van der Waals surface area contributed by atoms with E-state index in [0.29, 0.717) is 13.1 Å². The fourth-order valence-electron chi connectivity index (χ4n) is 1.74. The molecular formula is C11H18NO3+. The molecule has 0 aromatic rings. The van der Waals surface area contributed by atoms with Gasteiger partial charge in [-0.2, -0.15) is 9.28 Å². The van der Waals surface area contributed by atoms with Crippen molar-refractivity contribution >= 4 is 6.09 Å². The third-order valence-corrected chi connectivity index (χ3v) is 2.76. The summed E-state index contributed by atoms with van der Waals surface area (Å²) in [5, 5.41) is 9.32. The summed E-state index contributed by atoms with van der Waals surface area (Å²) in [5.74, 6) is 0. The van der Waals surface area contributed by atoms with E-state index in [0.717, 1.165) is 6.42 Å². The summed E-state index contributed by atoms with van der Waals surface area (Å²) < 4.78 is 4.98. The SMILES string of the molecule is C=CCOC(=O)[N+]1(CO)CCC(=CC)C1. The van der Waals surface area contributed by atoms with Crippen molar-refractivity contribution in [3.05, 3.63) is 24.3 Å². The molecule has 1 heterocycles. The number of ether oxygens (including phenoxy) is 1. The molecule has 0 spiro atoms. The number of quaternary nitrogens is 1. The van der Waals surface area contributed by atoms with Gasteiger partial charge in [0.2, 0.25) is 0 Å². The van der Waals surface area contributed by atoms with E-state index in [4.69, 9.17) is 4.74 Å². The van der Waals surface area contributed by atoms with E-state index in [1.165, 1.54) is 11.6 Å². The third kappa shape index (κ3) is 2.46. The van der Waals surface area contributed by atoms with E-state index in [1.807, 2.05) is 13.0 Å². The molecule has 1 rings (SSSR count).